The molecule has 7 heteroatoms. The third-order valence-electron chi connectivity index (χ3n) is 2.25. The van der Waals surface area contributed by atoms with Crippen LogP contribution in [0.15, 0.2) is 47.3 Å². The maximum Gasteiger partial charge on any atom is 0.359 e. The summed E-state index contributed by atoms with van der Waals surface area (Å²) in [6.07, 6.45) is 4.09. The topological polar surface area (TPSA) is 81.2 Å². The number of carbonyl (C=O) groups is 2. The number of esters is 1. The van der Waals surface area contributed by atoms with Gasteiger partial charge in [0.1, 0.15) is 0 Å². The number of nitrogens with one attached hydrogen (secondary N) is 1. The van der Waals surface area contributed by atoms with Gasteiger partial charge in [-0.2, -0.15) is 0 Å². The molecule has 102 valence electrons. The summed E-state index contributed by atoms with van der Waals surface area (Å²) in [5.41, 5.74) is 0.661. The zero-order valence-corrected chi connectivity index (χ0v) is 11.8. The molecule has 0 unspecified atom stereocenters. The molecule has 6 nitrogen and oxygen atoms in total. The van der Waals surface area contributed by atoms with Gasteiger partial charge in [-0.3, -0.25) is 9.78 Å². The van der Waals surface area contributed by atoms with Crippen LogP contribution in [0.3, 0.4) is 0 Å². The first-order chi connectivity index (χ1) is 9.66. The maximum atomic E-state index is 11.7. The molecule has 0 spiro atoms. The number of para-hydroxylation sites is 1. The summed E-state index contributed by atoms with van der Waals surface area (Å²) in [7, 11) is 0. The van der Waals surface area contributed by atoms with Gasteiger partial charge in [-0.1, -0.05) is 12.1 Å². The molecule has 0 saturated carbocycles. The first-order valence-corrected chi connectivity index (χ1v) is 6.43. The summed E-state index contributed by atoms with van der Waals surface area (Å²) in [6, 6.07) is 7.13. The Bertz CT molecular complexity index is 619. The van der Waals surface area contributed by atoms with Crippen LogP contribution in [-0.2, 0) is 9.53 Å². The maximum absolute atomic E-state index is 11.7. The van der Waals surface area contributed by atoms with Crippen molar-refractivity contribution < 1.29 is 14.3 Å². The molecule has 20 heavy (non-hydrogen) atoms. The van der Waals surface area contributed by atoms with Crippen molar-refractivity contribution in [2.75, 3.05) is 11.9 Å². The molecule has 0 aliphatic carbocycles. The minimum Gasteiger partial charge on any atom is -0.451 e. The first-order valence-electron chi connectivity index (χ1n) is 5.64. The molecule has 2 rings (SSSR count). The number of benzene rings is 1. The van der Waals surface area contributed by atoms with Gasteiger partial charge >= 0.3 is 5.97 Å². The highest BCUT2D eigenvalue weighted by Gasteiger charge is 2.12. The van der Waals surface area contributed by atoms with E-state index in [2.05, 4.69) is 31.2 Å². The Kier molecular flexibility index (Phi) is 4.78. The molecule has 1 heterocycles. The Hall–Kier alpha value is -2.28. The lowest BCUT2D eigenvalue weighted by Crippen LogP contribution is -2.21. The quantitative estimate of drug-likeness (QED) is 0.864. The van der Waals surface area contributed by atoms with Gasteiger partial charge in [0.15, 0.2) is 12.3 Å². The van der Waals surface area contributed by atoms with Crippen LogP contribution in [-0.4, -0.2) is 28.5 Å². The lowest BCUT2D eigenvalue weighted by molar-refractivity contribution is -0.119. The Balaban J connectivity index is 1.87. The summed E-state index contributed by atoms with van der Waals surface area (Å²) in [5.74, 6) is -1.13. The van der Waals surface area contributed by atoms with Gasteiger partial charge in [0.25, 0.3) is 5.91 Å². The van der Waals surface area contributed by atoms with Crippen molar-refractivity contribution >= 4 is 33.5 Å². The summed E-state index contributed by atoms with van der Waals surface area (Å²) in [4.78, 5) is 30.7. The lowest BCUT2D eigenvalue weighted by Gasteiger charge is -2.07. The van der Waals surface area contributed by atoms with E-state index in [1.807, 2.05) is 6.07 Å². The minimum atomic E-state index is -0.694. The van der Waals surface area contributed by atoms with Crippen molar-refractivity contribution in [1.29, 1.82) is 0 Å². The third-order valence-corrected chi connectivity index (χ3v) is 2.95. The van der Waals surface area contributed by atoms with Crippen LogP contribution in [0, 0.1) is 0 Å². The van der Waals surface area contributed by atoms with Crippen LogP contribution in [0.25, 0.3) is 0 Å². The number of halogens is 1. The average Bonchev–Trinajstić information content (AvgIpc) is 2.48. The van der Waals surface area contributed by atoms with E-state index in [0.29, 0.717) is 5.69 Å². The van der Waals surface area contributed by atoms with Gasteiger partial charge in [0.2, 0.25) is 0 Å². The summed E-state index contributed by atoms with van der Waals surface area (Å²) >= 11 is 3.30. The minimum absolute atomic E-state index is 0.0567. The van der Waals surface area contributed by atoms with Crippen molar-refractivity contribution in [1.82, 2.24) is 9.97 Å². The number of anilines is 1. The van der Waals surface area contributed by atoms with Crippen molar-refractivity contribution in [3.05, 3.63) is 53.0 Å². The van der Waals surface area contributed by atoms with E-state index in [0.717, 1.165) is 4.47 Å². The fourth-order valence-electron chi connectivity index (χ4n) is 1.36. The molecule has 1 aromatic heterocycles. The average molecular weight is 336 g/mol. The summed E-state index contributed by atoms with van der Waals surface area (Å²) < 4.78 is 5.58. The van der Waals surface area contributed by atoms with Gasteiger partial charge < -0.3 is 10.1 Å². The van der Waals surface area contributed by atoms with E-state index in [1.165, 1.54) is 18.6 Å². The largest absolute Gasteiger partial charge is 0.451 e. The molecule has 0 fully saturated rings. The number of nitrogens with zero attached hydrogens (tertiary/aromatic N) is 2. The lowest BCUT2D eigenvalue weighted by atomic mass is 10.3. The van der Waals surface area contributed by atoms with Gasteiger partial charge in [-0.25, -0.2) is 9.78 Å². The second kappa shape index (κ2) is 6.76. The number of amides is 1. The van der Waals surface area contributed by atoms with E-state index in [4.69, 9.17) is 4.74 Å². The number of rotatable bonds is 4. The SMILES string of the molecule is O=C(COC(=O)c1cnccn1)Nc1ccccc1Br. The van der Waals surface area contributed by atoms with Gasteiger partial charge in [0.05, 0.1) is 11.9 Å². The Morgan fingerprint density at radius 3 is 2.75 bits per heavy atom. The highest BCUT2D eigenvalue weighted by Crippen LogP contribution is 2.20. The zero-order chi connectivity index (χ0) is 14.4. The predicted molar refractivity (Wildman–Crippen MR) is 75.1 cm³/mol. The molecule has 1 N–H and O–H groups in total. The Morgan fingerprint density at radius 2 is 2.05 bits per heavy atom. The fraction of sp³-hybridized carbons (Fsp3) is 0.0769. The highest BCUT2D eigenvalue weighted by atomic mass is 79.9. The summed E-state index contributed by atoms with van der Waals surface area (Å²) in [6.45, 7) is -0.392. The Labute approximate surface area is 123 Å². The first kappa shape index (κ1) is 14.1. The number of hydrogen-bond acceptors (Lipinski definition) is 5. The standard InChI is InChI=1S/C13H10BrN3O3/c14-9-3-1-2-4-10(9)17-12(18)8-20-13(19)11-7-15-5-6-16-11/h1-7H,8H2,(H,17,18). The van der Waals surface area contributed by atoms with Crippen LogP contribution >= 0.6 is 15.9 Å². The second-order valence-electron chi connectivity index (χ2n) is 3.69. The van der Waals surface area contributed by atoms with Crippen LogP contribution in [0.4, 0.5) is 5.69 Å². The molecule has 0 saturated heterocycles. The number of hydrogen-bond donors (Lipinski definition) is 1. The molecular formula is C13H10BrN3O3. The second-order valence-corrected chi connectivity index (χ2v) is 4.55. The van der Waals surface area contributed by atoms with E-state index in [1.54, 1.807) is 18.2 Å². The molecule has 0 bridgehead atoms. The Morgan fingerprint density at radius 1 is 1.25 bits per heavy atom. The number of carbonyl (C=O) groups excluding carboxylic acids is 2. The van der Waals surface area contributed by atoms with E-state index >= 15 is 0 Å². The highest BCUT2D eigenvalue weighted by molar-refractivity contribution is 9.10. The smallest absolute Gasteiger partial charge is 0.359 e. The molecule has 2 aromatic rings. The molecule has 1 amide bonds. The third kappa shape index (κ3) is 3.86. The van der Waals surface area contributed by atoms with Crippen LogP contribution in [0.2, 0.25) is 0 Å². The van der Waals surface area contributed by atoms with Crippen molar-refractivity contribution in [2.24, 2.45) is 0 Å². The van der Waals surface area contributed by atoms with E-state index in [-0.39, 0.29) is 5.69 Å². The van der Waals surface area contributed by atoms with E-state index in [9.17, 15) is 9.59 Å². The molecule has 1 aromatic carbocycles. The number of aromatic nitrogens is 2. The van der Waals surface area contributed by atoms with Crippen LogP contribution < -0.4 is 5.32 Å². The molecule has 0 atom stereocenters. The van der Waals surface area contributed by atoms with Crippen LogP contribution in [0.5, 0.6) is 0 Å². The van der Waals surface area contributed by atoms with Crippen LogP contribution in [0.1, 0.15) is 10.5 Å². The van der Waals surface area contributed by atoms with Crippen molar-refractivity contribution in [3.8, 4) is 0 Å². The van der Waals surface area contributed by atoms with Gasteiger partial charge in [-0.15, -0.1) is 0 Å². The fourth-order valence-corrected chi connectivity index (χ4v) is 1.74. The van der Waals surface area contributed by atoms with Gasteiger partial charge in [0, 0.05) is 16.9 Å². The predicted octanol–water partition coefficient (Wildman–Crippen LogP) is 2.03. The van der Waals surface area contributed by atoms with Crippen molar-refractivity contribution in [2.45, 2.75) is 0 Å². The summed E-state index contributed by atoms with van der Waals surface area (Å²) in [5, 5.41) is 2.62. The molecule has 0 aliphatic heterocycles. The van der Waals surface area contributed by atoms with Crippen molar-refractivity contribution in [3.63, 3.8) is 0 Å². The molecule has 0 aliphatic rings. The molecular weight excluding hydrogens is 326 g/mol. The monoisotopic (exact) mass is 335 g/mol. The van der Waals surface area contributed by atoms with E-state index < -0.39 is 18.5 Å². The molecule has 0 radical (unpaired) electrons. The zero-order valence-electron chi connectivity index (χ0n) is 10.2. The van der Waals surface area contributed by atoms with Gasteiger partial charge in [-0.05, 0) is 28.1 Å². The normalized spacial score (nSPS) is 9.85. The number of ether oxygens (including phenoxy) is 1.